The summed E-state index contributed by atoms with van der Waals surface area (Å²) in [4.78, 5) is 12.8. The SMILES string of the molecule is CS(=O)(=O)Nc1ccc2c(C(=O)Nc3ccc(Cl)cc3-c3nnn[nH]3)noc2c1. The van der Waals surface area contributed by atoms with Crippen molar-refractivity contribution in [3.63, 3.8) is 0 Å². The number of nitrogens with one attached hydrogen (secondary N) is 3. The van der Waals surface area contributed by atoms with Gasteiger partial charge in [-0.25, -0.2) is 13.5 Å². The number of carbonyl (C=O) groups is 1. The summed E-state index contributed by atoms with van der Waals surface area (Å²) in [6.07, 6.45) is 1.03. The van der Waals surface area contributed by atoms with Gasteiger partial charge in [-0.1, -0.05) is 16.8 Å². The van der Waals surface area contributed by atoms with Gasteiger partial charge in [-0.3, -0.25) is 9.52 Å². The van der Waals surface area contributed by atoms with Crippen LogP contribution in [0, 0.1) is 0 Å². The Morgan fingerprint density at radius 3 is 2.76 bits per heavy atom. The molecule has 0 saturated carbocycles. The molecular formula is C16H12ClN7O4S. The number of halogens is 1. The second kappa shape index (κ2) is 7.14. The monoisotopic (exact) mass is 433 g/mol. The van der Waals surface area contributed by atoms with Crippen molar-refractivity contribution in [1.29, 1.82) is 0 Å². The summed E-state index contributed by atoms with van der Waals surface area (Å²) in [5, 5.41) is 20.9. The number of tetrazole rings is 1. The third kappa shape index (κ3) is 4.02. The van der Waals surface area contributed by atoms with Crippen LogP contribution in [0.25, 0.3) is 22.4 Å². The summed E-state index contributed by atoms with van der Waals surface area (Å²) in [5.74, 6) is -0.215. The highest BCUT2D eigenvalue weighted by molar-refractivity contribution is 7.92. The first-order valence-corrected chi connectivity index (χ1v) is 10.3. The lowest BCUT2D eigenvalue weighted by atomic mass is 10.1. The molecule has 2 heterocycles. The number of nitrogens with zero attached hydrogens (tertiary/aromatic N) is 4. The first-order valence-electron chi connectivity index (χ1n) is 8.02. The lowest BCUT2D eigenvalue weighted by molar-refractivity contribution is 0.102. The largest absolute Gasteiger partial charge is 0.355 e. The van der Waals surface area contributed by atoms with Gasteiger partial charge in [-0.15, -0.1) is 5.10 Å². The molecule has 4 rings (SSSR count). The van der Waals surface area contributed by atoms with E-state index < -0.39 is 15.9 Å². The average Bonchev–Trinajstić information content (AvgIpc) is 3.31. The molecule has 13 heteroatoms. The van der Waals surface area contributed by atoms with Crippen molar-refractivity contribution < 1.29 is 17.7 Å². The van der Waals surface area contributed by atoms with Gasteiger partial charge in [-0.05, 0) is 40.8 Å². The third-order valence-electron chi connectivity index (χ3n) is 3.82. The number of rotatable bonds is 5. The van der Waals surface area contributed by atoms with E-state index in [1.165, 1.54) is 18.2 Å². The van der Waals surface area contributed by atoms with Gasteiger partial charge in [0.05, 0.1) is 23.0 Å². The summed E-state index contributed by atoms with van der Waals surface area (Å²) < 4.78 is 30.2. The van der Waals surface area contributed by atoms with Crippen LogP contribution in [-0.4, -0.2) is 46.4 Å². The van der Waals surface area contributed by atoms with E-state index in [2.05, 4.69) is 35.8 Å². The number of hydrogen-bond acceptors (Lipinski definition) is 8. The topological polar surface area (TPSA) is 156 Å². The van der Waals surface area contributed by atoms with Crippen LogP contribution in [-0.2, 0) is 10.0 Å². The fourth-order valence-corrected chi connectivity index (χ4v) is 3.38. The van der Waals surface area contributed by atoms with Crippen molar-refractivity contribution in [2.45, 2.75) is 0 Å². The van der Waals surface area contributed by atoms with Gasteiger partial charge in [-0.2, -0.15) is 0 Å². The maximum absolute atomic E-state index is 12.8. The highest BCUT2D eigenvalue weighted by Gasteiger charge is 2.19. The molecule has 0 aliphatic carbocycles. The smallest absolute Gasteiger partial charge is 0.278 e. The molecule has 2 aromatic heterocycles. The summed E-state index contributed by atoms with van der Waals surface area (Å²) in [6, 6.07) is 9.29. The fraction of sp³-hybridized carbons (Fsp3) is 0.0625. The second-order valence-corrected chi connectivity index (χ2v) is 8.20. The van der Waals surface area contributed by atoms with Gasteiger partial charge >= 0.3 is 0 Å². The molecule has 1 amide bonds. The molecule has 11 nitrogen and oxygen atoms in total. The lowest BCUT2D eigenvalue weighted by Gasteiger charge is -2.08. The van der Waals surface area contributed by atoms with Crippen LogP contribution in [0.4, 0.5) is 11.4 Å². The predicted molar refractivity (Wildman–Crippen MR) is 105 cm³/mol. The Morgan fingerprint density at radius 1 is 1.21 bits per heavy atom. The Balaban J connectivity index is 1.65. The fourth-order valence-electron chi connectivity index (χ4n) is 2.65. The van der Waals surface area contributed by atoms with Gasteiger partial charge in [0.15, 0.2) is 17.1 Å². The zero-order valence-electron chi connectivity index (χ0n) is 14.7. The molecule has 0 aliphatic heterocycles. The summed E-state index contributed by atoms with van der Waals surface area (Å²) in [5.41, 5.74) is 1.47. The van der Waals surface area contributed by atoms with Gasteiger partial charge in [0.2, 0.25) is 10.0 Å². The molecule has 0 atom stereocenters. The molecule has 3 N–H and O–H groups in total. The van der Waals surface area contributed by atoms with Gasteiger partial charge in [0.1, 0.15) is 0 Å². The van der Waals surface area contributed by atoms with Crippen LogP contribution >= 0.6 is 11.6 Å². The standard InChI is InChI=1S/C16H12ClN7O4S/c1-29(26,27)22-9-3-4-10-13(7-9)28-21-14(10)16(25)18-12-5-2-8(17)6-11(12)15-19-23-24-20-15/h2-7,22H,1H3,(H,18,25)(H,19,20,23,24). The van der Waals surface area contributed by atoms with Crippen molar-refractivity contribution in [3.05, 3.63) is 47.1 Å². The Kier molecular flexibility index (Phi) is 4.64. The van der Waals surface area contributed by atoms with E-state index in [9.17, 15) is 13.2 Å². The molecule has 0 fully saturated rings. The van der Waals surface area contributed by atoms with Crippen LogP contribution in [0.2, 0.25) is 5.02 Å². The number of hydrogen-bond donors (Lipinski definition) is 3. The van der Waals surface area contributed by atoms with Crippen molar-refractivity contribution >= 4 is 49.9 Å². The quantitative estimate of drug-likeness (QED) is 0.432. The molecule has 148 valence electrons. The van der Waals surface area contributed by atoms with Crippen LogP contribution in [0.15, 0.2) is 40.9 Å². The van der Waals surface area contributed by atoms with Crippen molar-refractivity contribution in [2.24, 2.45) is 0 Å². The molecule has 4 aromatic rings. The van der Waals surface area contributed by atoms with E-state index >= 15 is 0 Å². The van der Waals surface area contributed by atoms with Gasteiger partial charge < -0.3 is 9.84 Å². The van der Waals surface area contributed by atoms with Crippen molar-refractivity contribution in [1.82, 2.24) is 25.8 Å². The molecular weight excluding hydrogens is 422 g/mol. The molecule has 0 aliphatic rings. The van der Waals surface area contributed by atoms with Crippen molar-refractivity contribution in [3.8, 4) is 11.4 Å². The Hall–Kier alpha value is -3.51. The van der Waals surface area contributed by atoms with E-state index in [4.69, 9.17) is 16.1 Å². The number of carbonyl (C=O) groups excluding carboxylic acids is 1. The maximum Gasteiger partial charge on any atom is 0.278 e. The molecule has 0 unspecified atom stereocenters. The van der Waals surface area contributed by atoms with Gasteiger partial charge in [0.25, 0.3) is 5.91 Å². The first kappa shape index (κ1) is 18.8. The van der Waals surface area contributed by atoms with Crippen LogP contribution in [0.5, 0.6) is 0 Å². The van der Waals surface area contributed by atoms with E-state index in [1.54, 1.807) is 18.2 Å². The number of benzene rings is 2. The maximum atomic E-state index is 12.8. The first-order chi connectivity index (χ1) is 13.8. The normalized spacial score (nSPS) is 11.5. The van der Waals surface area contributed by atoms with E-state index in [0.717, 1.165) is 6.26 Å². The highest BCUT2D eigenvalue weighted by Crippen LogP contribution is 2.29. The third-order valence-corrected chi connectivity index (χ3v) is 4.66. The molecule has 29 heavy (non-hydrogen) atoms. The molecule has 0 bridgehead atoms. The highest BCUT2D eigenvalue weighted by atomic mass is 35.5. The van der Waals surface area contributed by atoms with E-state index in [1.807, 2.05) is 0 Å². The summed E-state index contributed by atoms with van der Waals surface area (Å²) >= 11 is 6.04. The minimum Gasteiger partial charge on any atom is -0.355 e. The Morgan fingerprint density at radius 2 is 2.03 bits per heavy atom. The van der Waals surface area contributed by atoms with E-state index in [-0.39, 0.29) is 11.3 Å². The average molecular weight is 434 g/mol. The lowest BCUT2D eigenvalue weighted by Crippen LogP contribution is -2.13. The minimum absolute atomic E-state index is 0.0301. The van der Waals surface area contributed by atoms with Crippen molar-refractivity contribution in [2.75, 3.05) is 16.3 Å². The predicted octanol–water partition coefficient (Wildman–Crippen LogP) is 2.29. The minimum atomic E-state index is -3.45. The molecule has 0 radical (unpaired) electrons. The number of amides is 1. The van der Waals surface area contributed by atoms with E-state index in [0.29, 0.717) is 33.2 Å². The van der Waals surface area contributed by atoms with Gasteiger partial charge in [0, 0.05) is 16.7 Å². The number of fused-ring (bicyclic) bond motifs is 1. The number of anilines is 2. The number of sulfonamides is 1. The second-order valence-electron chi connectivity index (χ2n) is 6.01. The molecule has 0 saturated heterocycles. The van der Waals surface area contributed by atoms with Crippen LogP contribution in [0.1, 0.15) is 10.5 Å². The molecule has 0 spiro atoms. The number of aromatic amines is 1. The Labute approximate surface area is 168 Å². The number of H-pyrrole nitrogens is 1. The van der Waals surface area contributed by atoms with Crippen LogP contribution < -0.4 is 10.0 Å². The summed E-state index contributed by atoms with van der Waals surface area (Å²) in [6.45, 7) is 0. The summed E-state index contributed by atoms with van der Waals surface area (Å²) in [7, 11) is -3.45. The zero-order valence-corrected chi connectivity index (χ0v) is 16.2. The van der Waals surface area contributed by atoms with Crippen LogP contribution in [0.3, 0.4) is 0 Å². The number of aromatic nitrogens is 5. The zero-order chi connectivity index (χ0) is 20.6. The Bertz CT molecular complexity index is 1320. The molecule has 2 aromatic carbocycles.